The summed E-state index contributed by atoms with van der Waals surface area (Å²) in [6, 6.07) is 3.86. The monoisotopic (exact) mass is 422 g/mol. The Morgan fingerprint density at radius 3 is 2.61 bits per heavy atom. The number of terminal acetylenes is 1. The van der Waals surface area contributed by atoms with Gasteiger partial charge in [-0.1, -0.05) is 25.8 Å². The molecular formula is C26H35BO4. The van der Waals surface area contributed by atoms with Gasteiger partial charge in [0, 0.05) is 5.56 Å². The summed E-state index contributed by atoms with van der Waals surface area (Å²) in [7, 11) is -0.207. The van der Waals surface area contributed by atoms with Gasteiger partial charge in [-0.05, 0) is 94.6 Å². The standard InChI is InChI=1S/C26H35BO4/c1-9-17-10-11-18(16(2)22(17)23(28)29-24(3,4)5)12-13-27-30-21-15-19-14-20(25(19,6)7)26(21,8)31-27/h1,10-11,19-21H,12-15H2,2-8H3/t19?,20?,21?,26-/m0/s1. The molecule has 1 aliphatic heterocycles. The summed E-state index contributed by atoms with van der Waals surface area (Å²) in [6.45, 7) is 14.5. The van der Waals surface area contributed by atoms with Gasteiger partial charge in [0.05, 0.1) is 17.3 Å². The van der Waals surface area contributed by atoms with E-state index in [2.05, 4.69) is 26.7 Å². The quantitative estimate of drug-likeness (QED) is 0.380. The van der Waals surface area contributed by atoms with Crippen LogP contribution in [0.1, 0.15) is 81.4 Å². The first-order valence-corrected chi connectivity index (χ1v) is 11.5. The molecule has 4 atom stereocenters. The van der Waals surface area contributed by atoms with Crippen LogP contribution >= 0.6 is 0 Å². The number of hydrogen-bond donors (Lipinski definition) is 0. The van der Waals surface area contributed by atoms with Crippen molar-refractivity contribution in [3.8, 4) is 12.3 Å². The molecule has 0 aromatic heterocycles. The van der Waals surface area contributed by atoms with Gasteiger partial charge in [0.2, 0.25) is 0 Å². The lowest BCUT2D eigenvalue weighted by molar-refractivity contribution is -0.199. The van der Waals surface area contributed by atoms with Gasteiger partial charge in [0.15, 0.2) is 0 Å². The van der Waals surface area contributed by atoms with Gasteiger partial charge < -0.3 is 14.0 Å². The van der Waals surface area contributed by atoms with Gasteiger partial charge in [-0.3, -0.25) is 0 Å². The second-order valence-electron chi connectivity index (χ2n) is 11.4. The first-order chi connectivity index (χ1) is 14.4. The Morgan fingerprint density at radius 2 is 2.00 bits per heavy atom. The summed E-state index contributed by atoms with van der Waals surface area (Å²) >= 11 is 0. The van der Waals surface area contributed by atoms with Crippen LogP contribution in [-0.2, 0) is 20.5 Å². The van der Waals surface area contributed by atoms with Gasteiger partial charge in [-0.25, -0.2) is 4.79 Å². The van der Waals surface area contributed by atoms with Crippen LogP contribution in [0.25, 0.3) is 0 Å². The van der Waals surface area contributed by atoms with Crippen molar-refractivity contribution in [1.82, 2.24) is 0 Å². The molecule has 3 saturated carbocycles. The van der Waals surface area contributed by atoms with Crippen LogP contribution in [-0.4, -0.2) is 30.4 Å². The van der Waals surface area contributed by atoms with E-state index in [0.717, 1.165) is 36.2 Å². The molecule has 3 unspecified atom stereocenters. The fourth-order valence-corrected chi connectivity index (χ4v) is 6.09. The molecule has 1 aromatic rings. The number of aryl methyl sites for hydroxylation is 1. The normalized spacial score (nSPS) is 30.9. The molecular weight excluding hydrogens is 387 g/mol. The first kappa shape index (κ1) is 22.4. The molecule has 5 rings (SSSR count). The van der Waals surface area contributed by atoms with Crippen LogP contribution in [0.15, 0.2) is 12.1 Å². The maximum atomic E-state index is 12.8. The Labute approximate surface area is 187 Å². The van der Waals surface area contributed by atoms with Gasteiger partial charge in [-0.2, -0.15) is 0 Å². The molecule has 31 heavy (non-hydrogen) atoms. The largest absolute Gasteiger partial charge is 0.457 e. The van der Waals surface area contributed by atoms with E-state index >= 15 is 0 Å². The fourth-order valence-electron chi connectivity index (χ4n) is 6.09. The number of carbonyl (C=O) groups is 1. The zero-order chi connectivity index (χ0) is 22.8. The maximum Gasteiger partial charge on any atom is 0.457 e. The predicted octanol–water partition coefficient (Wildman–Crippen LogP) is 5.20. The number of hydrogen-bond acceptors (Lipinski definition) is 4. The van der Waals surface area contributed by atoms with Crippen molar-refractivity contribution >= 4 is 13.1 Å². The average Bonchev–Trinajstić information content (AvgIpc) is 3.00. The summed E-state index contributed by atoms with van der Waals surface area (Å²) in [5.41, 5.74) is 2.61. The maximum absolute atomic E-state index is 12.8. The summed E-state index contributed by atoms with van der Waals surface area (Å²) < 4.78 is 18.5. The molecule has 0 spiro atoms. The van der Waals surface area contributed by atoms with E-state index in [-0.39, 0.29) is 24.8 Å². The molecule has 1 aromatic carbocycles. The summed E-state index contributed by atoms with van der Waals surface area (Å²) in [5.74, 6) is 3.57. The highest BCUT2D eigenvalue weighted by molar-refractivity contribution is 6.45. The second kappa shape index (κ2) is 7.39. The van der Waals surface area contributed by atoms with Crippen LogP contribution < -0.4 is 0 Å². The van der Waals surface area contributed by atoms with Crippen molar-refractivity contribution in [3.05, 3.63) is 34.4 Å². The molecule has 166 valence electrons. The molecule has 1 saturated heterocycles. The van der Waals surface area contributed by atoms with Crippen molar-refractivity contribution in [2.75, 3.05) is 0 Å². The van der Waals surface area contributed by atoms with Crippen LogP contribution in [0.4, 0.5) is 0 Å². The second-order valence-corrected chi connectivity index (χ2v) is 11.4. The van der Waals surface area contributed by atoms with Crippen molar-refractivity contribution in [2.24, 2.45) is 17.3 Å². The molecule has 1 heterocycles. The molecule has 0 N–H and O–H groups in total. The van der Waals surface area contributed by atoms with E-state index in [4.69, 9.17) is 20.5 Å². The zero-order valence-electron chi connectivity index (χ0n) is 20.0. The molecule has 4 nitrogen and oxygen atoms in total. The number of carbonyl (C=O) groups excluding carboxylic acids is 1. The number of rotatable bonds is 4. The smallest absolute Gasteiger partial charge is 0.456 e. The minimum atomic E-state index is -0.572. The summed E-state index contributed by atoms with van der Waals surface area (Å²) in [4.78, 5) is 12.8. The molecule has 4 fully saturated rings. The highest BCUT2D eigenvalue weighted by atomic mass is 16.7. The van der Waals surface area contributed by atoms with E-state index in [1.807, 2.05) is 39.8 Å². The van der Waals surface area contributed by atoms with E-state index in [1.54, 1.807) is 0 Å². The average molecular weight is 422 g/mol. The van der Waals surface area contributed by atoms with Crippen molar-refractivity contribution in [3.63, 3.8) is 0 Å². The molecule has 3 aliphatic carbocycles. The van der Waals surface area contributed by atoms with E-state index in [1.165, 1.54) is 6.42 Å². The predicted molar refractivity (Wildman–Crippen MR) is 123 cm³/mol. The Bertz CT molecular complexity index is 938. The van der Waals surface area contributed by atoms with Crippen molar-refractivity contribution < 1.29 is 18.8 Å². The molecule has 4 aliphatic rings. The van der Waals surface area contributed by atoms with Crippen LogP contribution in [0.2, 0.25) is 6.32 Å². The van der Waals surface area contributed by atoms with Crippen molar-refractivity contribution in [2.45, 2.75) is 91.4 Å². The Balaban J connectivity index is 1.48. The SMILES string of the molecule is C#Cc1ccc(CCB2OC3CC4CC(C4(C)C)[C@]3(C)O2)c(C)c1C(=O)OC(C)(C)C. The third-order valence-electron chi connectivity index (χ3n) is 7.99. The molecule has 2 bridgehead atoms. The van der Waals surface area contributed by atoms with E-state index < -0.39 is 5.60 Å². The Morgan fingerprint density at radius 1 is 1.29 bits per heavy atom. The topological polar surface area (TPSA) is 44.8 Å². The summed E-state index contributed by atoms with van der Waals surface area (Å²) in [5, 5.41) is 0. The zero-order valence-corrected chi connectivity index (χ0v) is 20.0. The minimum absolute atomic E-state index is 0.188. The van der Waals surface area contributed by atoms with Crippen LogP contribution in [0.3, 0.4) is 0 Å². The fraction of sp³-hybridized carbons (Fsp3) is 0.654. The van der Waals surface area contributed by atoms with Crippen LogP contribution in [0.5, 0.6) is 0 Å². The Hall–Kier alpha value is -1.77. The molecule has 0 radical (unpaired) electrons. The van der Waals surface area contributed by atoms with Crippen molar-refractivity contribution in [1.29, 1.82) is 0 Å². The van der Waals surface area contributed by atoms with E-state index in [9.17, 15) is 4.79 Å². The molecule has 5 heteroatoms. The van der Waals surface area contributed by atoms with Gasteiger partial charge in [-0.15, -0.1) is 6.42 Å². The minimum Gasteiger partial charge on any atom is -0.456 e. The van der Waals surface area contributed by atoms with Gasteiger partial charge in [0.1, 0.15) is 5.60 Å². The third kappa shape index (κ3) is 3.72. The molecule has 0 amide bonds. The van der Waals surface area contributed by atoms with Crippen LogP contribution in [0, 0.1) is 36.5 Å². The van der Waals surface area contributed by atoms with E-state index in [0.29, 0.717) is 22.5 Å². The highest BCUT2D eigenvalue weighted by Gasteiger charge is 2.67. The number of benzene rings is 1. The lowest BCUT2D eigenvalue weighted by Gasteiger charge is -2.64. The lowest BCUT2D eigenvalue weighted by atomic mass is 9.43. The lowest BCUT2D eigenvalue weighted by Crippen LogP contribution is -2.65. The van der Waals surface area contributed by atoms with Gasteiger partial charge >= 0.3 is 13.1 Å². The highest BCUT2D eigenvalue weighted by Crippen LogP contribution is 2.65. The first-order valence-electron chi connectivity index (χ1n) is 11.5. The Kier molecular flexibility index (Phi) is 5.35. The summed E-state index contributed by atoms with van der Waals surface area (Å²) in [6.07, 6.45) is 9.72. The number of esters is 1. The number of ether oxygens (including phenoxy) is 1. The third-order valence-corrected chi connectivity index (χ3v) is 7.99. The van der Waals surface area contributed by atoms with Gasteiger partial charge in [0.25, 0.3) is 0 Å².